The SMILES string of the molecule is Cc1cc(F)ccc1CCNc1nc(Cl)nc(C)c1N. The number of nitrogen functional groups attached to an aromatic ring is 1. The molecule has 106 valence electrons. The van der Waals surface area contributed by atoms with Crippen molar-refractivity contribution in [1.29, 1.82) is 0 Å². The van der Waals surface area contributed by atoms with Crippen molar-refractivity contribution < 1.29 is 4.39 Å². The maximum atomic E-state index is 13.0. The van der Waals surface area contributed by atoms with E-state index >= 15 is 0 Å². The summed E-state index contributed by atoms with van der Waals surface area (Å²) in [4.78, 5) is 8.03. The Morgan fingerprint density at radius 3 is 2.75 bits per heavy atom. The zero-order valence-electron chi connectivity index (χ0n) is 11.4. The molecule has 2 rings (SSSR count). The first-order valence-electron chi connectivity index (χ1n) is 6.26. The van der Waals surface area contributed by atoms with Crippen LogP contribution in [0.2, 0.25) is 5.28 Å². The lowest BCUT2D eigenvalue weighted by Crippen LogP contribution is -2.11. The van der Waals surface area contributed by atoms with E-state index in [0.717, 1.165) is 17.5 Å². The predicted molar refractivity (Wildman–Crippen MR) is 79.5 cm³/mol. The van der Waals surface area contributed by atoms with E-state index in [2.05, 4.69) is 15.3 Å². The minimum absolute atomic E-state index is 0.164. The molecule has 0 saturated carbocycles. The van der Waals surface area contributed by atoms with Gasteiger partial charge in [-0.05, 0) is 55.1 Å². The molecule has 0 amide bonds. The molecule has 0 fully saturated rings. The van der Waals surface area contributed by atoms with Crippen LogP contribution in [0, 0.1) is 19.7 Å². The van der Waals surface area contributed by atoms with Crippen molar-refractivity contribution in [1.82, 2.24) is 9.97 Å². The Balaban J connectivity index is 2.03. The summed E-state index contributed by atoms with van der Waals surface area (Å²) in [5.74, 6) is 0.309. The molecule has 20 heavy (non-hydrogen) atoms. The number of hydrogen-bond acceptors (Lipinski definition) is 4. The molecule has 0 unspecified atom stereocenters. The Bertz CT molecular complexity index is 631. The Labute approximate surface area is 122 Å². The standard InChI is InChI=1S/C14H16ClFN4/c1-8-7-11(16)4-3-10(8)5-6-18-13-12(17)9(2)19-14(15)20-13/h3-4,7H,5-6,17H2,1-2H3,(H,18,19,20). The summed E-state index contributed by atoms with van der Waals surface area (Å²) >= 11 is 5.80. The highest BCUT2D eigenvalue weighted by atomic mass is 35.5. The van der Waals surface area contributed by atoms with Gasteiger partial charge in [0.25, 0.3) is 0 Å². The lowest BCUT2D eigenvalue weighted by atomic mass is 10.1. The number of halogens is 2. The van der Waals surface area contributed by atoms with E-state index in [0.29, 0.717) is 23.7 Å². The quantitative estimate of drug-likeness (QED) is 0.851. The number of aryl methyl sites for hydroxylation is 2. The van der Waals surface area contributed by atoms with Gasteiger partial charge < -0.3 is 11.1 Å². The molecule has 1 heterocycles. The Hall–Kier alpha value is -1.88. The van der Waals surface area contributed by atoms with E-state index in [1.165, 1.54) is 12.1 Å². The second kappa shape index (κ2) is 6.05. The van der Waals surface area contributed by atoms with Crippen LogP contribution < -0.4 is 11.1 Å². The van der Waals surface area contributed by atoms with Crippen LogP contribution >= 0.6 is 11.6 Å². The van der Waals surface area contributed by atoms with Gasteiger partial charge >= 0.3 is 0 Å². The van der Waals surface area contributed by atoms with Gasteiger partial charge in [-0.25, -0.2) is 9.37 Å². The van der Waals surface area contributed by atoms with E-state index in [4.69, 9.17) is 17.3 Å². The molecular formula is C14H16ClFN4. The molecule has 0 atom stereocenters. The van der Waals surface area contributed by atoms with E-state index in [1.54, 1.807) is 13.0 Å². The zero-order chi connectivity index (χ0) is 14.7. The van der Waals surface area contributed by atoms with Crippen molar-refractivity contribution in [3.8, 4) is 0 Å². The molecule has 1 aromatic heterocycles. The van der Waals surface area contributed by atoms with Gasteiger partial charge in [0, 0.05) is 6.54 Å². The molecule has 2 aromatic rings. The van der Waals surface area contributed by atoms with E-state index < -0.39 is 0 Å². The fourth-order valence-electron chi connectivity index (χ4n) is 1.94. The monoisotopic (exact) mass is 294 g/mol. The van der Waals surface area contributed by atoms with E-state index in [9.17, 15) is 4.39 Å². The smallest absolute Gasteiger partial charge is 0.224 e. The molecule has 0 spiro atoms. The van der Waals surface area contributed by atoms with Gasteiger partial charge in [-0.2, -0.15) is 4.98 Å². The molecule has 0 aliphatic heterocycles. The number of nitrogens with zero attached hydrogens (tertiary/aromatic N) is 2. The number of anilines is 2. The van der Waals surface area contributed by atoms with Crippen LogP contribution in [0.5, 0.6) is 0 Å². The molecule has 6 heteroatoms. The molecule has 0 saturated heterocycles. The molecule has 0 radical (unpaired) electrons. The number of rotatable bonds is 4. The third-order valence-corrected chi connectivity index (χ3v) is 3.27. The lowest BCUT2D eigenvalue weighted by molar-refractivity contribution is 0.625. The number of nitrogens with one attached hydrogen (secondary N) is 1. The third kappa shape index (κ3) is 3.36. The molecular weight excluding hydrogens is 279 g/mol. The van der Waals surface area contributed by atoms with Gasteiger partial charge in [-0.1, -0.05) is 6.07 Å². The highest BCUT2D eigenvalue weighted by Crippen LogP contribution is 2.20. The van der Waals surface area contributed by atoms with Crippen molar-refractivity contribution in [3.05, 3.63) is 46.1 Å². The van der Waals surface area contributed by atoms with Crippen LogP contribution in [0.1, 0.15) is 16.8 Å². The number of benzene rings is 1. The van der Waals surface area contributed by atoms with Crippen LogP contribution in [0.25, 0.3) is 0 Å². The van der Waals surface area contributed by atoms with Crippen LogP contribution in [0.15, 0.2) is 18.2 Å². The van der Waals surface area contributed by atoms with Gasteiger partial charge in [-0.15, -0.1) is 0 Å². The summed E-state index contributed by atoms with van der Waals surface area (Å²) in [7, 11) is 0. The fourth-order valence-corrected chi connectivity index (χ4v) is 2.15. The van der Waals surface area contributed by atoms with Crippen LogP contribution in [0.4, 0.5) is 15.9 Å². The van der Waals surface area contributed by atoms with E-state index in [1.807, 2.05) is 6.92 Å². The minimum atomic E-state index is -0.221. The van der Waals surface area contributed by atoms with Crippen molar-refractivity contribution >= 4 is 23.1 Å². The molecule has 4 nitrogen and oxygen atoms in total. The van der Waals surface area contributed by atoms with E-state index in [-0.39, 0.29) is 11.1 Å². The first kappa shape index (κ1) is 14.5. The average Bonchev–Trinajstić information content (AvgIpc) is 2.37. The Morgan fingerprint density at radius 2 is 2.05 bits per heavy atom. The maximum absolute atomic E-state index is 13.0. The highest BCUT2D eigenvalue weighted by Gasteiger charge is 2.07. The molecule has 0 aliphatic rings. The first-order chi connectivity index (χ1) is 9.47. The summed E-state index contributed by atoms with van der Waals surface area (Å²) in [6.45, 7) is 4.29. The molecule has 0 aliphatic carbocycles. The van der Waals surface area contributed by atoms with Crippen molar-refractivity contribution in [2.45, 2.75) is 20.3 Å². The minimum Gasteiger partial charge on any atom is -0.394 e. The van der Waals surface area contributed by atoms with Crippen molar-refractivity contribution in [3.63, 3.8) is 0 Å². The van der Waals surface area contributed by atoms with Gasteiger partial charge in [0.05, 0.1) is 11.4 Å². The predicted octanol–water partition coefficient (Wildman–Crippen LogP) is 3.12. The normalized spacial score (nSPS) is 10.6. The summed E-state index contributed by atoms with van der Waals surface area (Å²) in [6.07, 6.45) is 0.742. The summed E-state index contributed by atoms with van der Waals surface area (Å²) in [5.41, 5.74) is 9.03. The topological polar surface area (TPSA) is 63.8 Å². The largest absolute Gasteiger partial charge is 0.394 e. The third-order valence-electron chi connectivity index (χ3n) is 3.10. The number of hydrogen-bond donors (Lipinski definition) is 2. The lowest BCUT2D eigenvalue weighted by Gasteiger charge is -2.11. The fraction of sp³-hybridized carbons (Fsp3) is 0.286. The van der Waals surface area contributed by atoms with Crippen molar-refractivity contribution in [2.75, 3.05) is 17.6 Å². The number of aromatic nitrogens is 2. The van der Waals surface area contributed by atoms with Gasteiger partial charge in [-0.3, -0.25) is 0 Å². The van der Waals surface area contributed by atoms with Gasteiger partial charge in [0.15, 0.2) is 5.82 Å². The molecule has 1 aromatic carbocycles. The van der Waals surface area contributed by atoms with Crippen LogP contribution in [-0.4, -0.2) is 16.5 Å². The summed E-state index contributed by atoms with van der Waals surface area (Å²) in [6, 6.07) is 4.77. The first-order valence-corrected chi connectivity index (χ1v) is 6.63. The van der Waals surface area contributed by atoms with Gasteiger partial charge in [0.2, 0.25) is 5.28 Å². The zero-order valence-corrected chi connectivity index (χ0v) is 12.1. The second-order valence-electron chi connectivity index (χ2n) is 4.59. The summed E-state index contributed by atoms with van der Waals surface area (Å²) < 4.78 is 13.0. The van der Waals surface area contributed by atoms with Crippen LogP contribution in [0.3, 0.4) is 0 Å². The molecule has 0 bridgehead atoms. The van der Waals surface area contributed by atoms with Gasteiger partial charge in [0.1, 0.15) is 5.82 Å². The Morgan fingerprint density at radius 1 is 1.30 bits per heavy atom. The summed E-state index contributed by atoms with van der Waals surface area (Å²) in [5, 5.41) is 3.29. The second-order valence-corrected chi connectivity index (χ2v) is 4.93. The number of nitrogens with two attached hydrogens (primary N) is 1. The molecule has 3 N–H and O–H groups in total. The van der Waals surface area contributed by atoms with Crippen LogP contribution in [-0.2, 0) is 6.42 Å². The Kier molecular flexibility index (Phi) is 4.39. The maximum Gasteiger partial charge on any atom is 0.224 e. The highest BCUT2D eigenvalue weighted by molar-refractivity contribution is 6.28. The van der Waals surface area contributed by atoms with Crippen molar-refractivity contribution in [2.24, 2.45) is 0 Å². The average molecular weight is 295 g/mol.